The minimum atomic E-state index is -0.121. The maximum absolute atomic E-state index is 13.7. The monoisotopic (exact) mass is 460 g/mol. The first-order chi connectivity index (χ1) is 16.8. The van der Waals surface area contributed by atoms with Crippen LogP contribution in [-0.2, 0) is 0 Å². The van der Waals surface area contributed by atoms with Crippen LogP contribution in [0.25, 0.3) is 12.2 Å². The van der Waals surface area contributed by atoms with E-state index in [-0.39, 0.29) is 11.6 Å². The summed E-state index contributed by atoms with van der Waals surface area (Å²) in [5.74, 6) is 0. The van der Waals surface area contributed by atoms with Gasteiger partial charge in [-0.2, -0.15) is 0 Å². The van der Waals surface area contributed by atoms with Crippen LogP contribution in [0.3, 0.4) is 0 Å². The van der Waals surface area contributed by atoms with Crippen molar-refractivity contribution in [2.75, 3.05) is 0 Å². The highest BCUT2D eigenvalue weighted by Gasteiger charge is 2.32. The summed E-state index contributed by atoms with van der Waals surface area (Å²) in [6.45, 7) is 0. The maximum Gasteiger partial charge on any atom is 0.271 e. The highest BCUT2D eigenvalue weighted by atomic mass is 32.1. The summed E-state index contributed by atoms with van der Waals surface area (Å²) in [7, 11) is 0. The van der Waals surface area contributed by atoms with Crippen molar-refractivity contribution in [2.45, 2.75) is 25.3 Å². The predicted molar refractivity (Wildman–Crippen MR) is 139 cm³/mol. The van der Waals surface area contributed by atoms with Gasteiger partial charge in [-0.3, -0.25) is 9.36 Å². The first-order valence-electron chi connectivity index (χ1n) is 11.7. The summed E-state index contributed by atoms with van der Waals surface area (Å²) in [4.78, 5) is 19.6. The van der Waals surface area contributed by atoms with Crippen LogP contribution in [-0.4, -0.2) is 4.57 Å². The Kier molecular flexibility index (Phi) is 5.44. The minimum absolute atomic E-state index is 0.0344. The third-order valence-electron chi connectivity index (χ3n) is 6.49. The van der Waals surface area contributed by atoms with Crippen molar-refractivity contribution >= 4 is 23.5 Å². The minimum Gasteiger partial charge on any atom is -0.272 e. The van der Waals surface area contributed by atoms with E-state index >= 15 is 0 Å². The molecule has 0 spiro atoms. The molecule has 0 amide bonds. The summed E-state index contributed by atoms with van der Waals surface area (Å²) in [5, 5.41) is 0. The number of rotatable bonds is 3. The normalized spacial score (nSPS) is 19.0. The molecule has 34 heavy (non-hydrogen) atoms. The molecule has 1 aliphatic heterocycles. The van der Waals surface area contributed by atoms with Crippen molar-refractivity contribution in [3.63, 3.8) is 0 Å². The molecule has 3 aromatic carbocycles. The number of nitrogens with zero attached hydrogens (tertiary/aromatic N) is 2. The Morgan fingerprint density at radius 2 is 1.41 bits per heavy atom. The van der Waals surface area contributed by atoms with Crippen LogP contribution in [0.1, 0.15) is 42.0 Å². The van der Waals surface area contributed by atoms with Gasteiger partial charge in [-0.25, -0.2) is 4.99 Å². The summed E-state index contributed by atoms with van der Waals surface area (Å²) in [6, 6.07) is 30.7. The van der Waals surface area contributed by atoms with E-state index in [1.165, 1.54) is 28.0 Å². The van der Waals surface area contributed by atoms with Crippen LogP contribution >= 0.6 is 11.3 Å². The van der Waals surface area contributed by atoms with Gasteiger partial charge < -0.3 is 0 Å². The molecule has 6 rings (SSSR count). The molecule has 1 unspecified atom stereocenters. The van der Waals surface area contributed by atoms with Crippen molar-refractivity contribution < 1.29 is 0 Å². The zero-order chi connectivity index (χ0) is 22.9. The Labute approximate surface area is 202 Å². The standard InChI is InChI=1S/C30H24N2OS/c33-29-26(20-22-13-6-2-7-14-22)34-30-31-27-24(19-21-11-4-1-5-12-21)17-10-18-25(27)28(32(29)30)23-15-8-3-9-16-23/h1-9,11-16,19-20,28H,10,17-18H2/b24-19-,26-20-. The molecule has 1 aliphatic carbocycles. The average molecular weight is 461 g/mol. The van der Waals surface area contributed by atoms with Crippen LogP contribution in [0.4, 0.5) is 0 Å². The molecule has 0 saturated heterocycles. The van der Waals surface area contributed by atoms with Crippen molar-refractivity contribution in [1.29, 1.82) is 0 Å². The third kappa shape index (κ3) is 3.80. The van der Waals surface area contributed by atoms with Crippen molar-refractivity contribution in [3.05, 3.63) is 144 Å². The molecule has 4 heteroatoms. The second-order valence-corrected chi connectivity index (χ2v) is 9.72. The van der Waals surface area contributed by atoms with Crippen LogP contribution in [0.15, 0.2) is 118 Å². The molecular weight excluding hydrogens is 436 g/mol. The molecule has 0 saturated carbocycles. The van der Waals surface area contributed by atoms with Crippen LogP contribution in [0, 0.1) is 0 Å². The van der Waals surface area contributed by atoms with Gasteiger partial charge in [0.25, 0.3) is 5.56 Å². The average Bonchev–Trinajstić information content (AvgIpc) is 3.19. The molecule has 0 radical (unpaired) electrons. The lowest BCUT2D eigenvalue weighted by Crippen LogP contribution is -2.39. The topological polar surface area (TPSA) is 34.4 Å². The van der Waals surface area contributed by atoms with Crippen LogP contribution < -0.4 is 14.9 Å². The molecule has 166 valence electrons. The van der Waals surface area contributed by atoms with Crippen molar-refractivity contribution in [2.24, 2.45) is 4.99 Å². The smallest absolute Gasteiger partial charge is 0.271 e. The van der Waals surface area contributed by atoms with Crippen molar-refractivity contribution in [1.82, 2.24) is 4.57 Å². The molecule has 1 atom stereocenters. The fraction of sp³-hybridized carbons (Fsp3) is 0.133. The number of hydrogen-bond acceptors (Lipinski definition) is 3. The number of fused-ring (bicyclic) bond motifs is 1. The van der Waals surface area contributed by atoms with Gasteiger partial charge in [0.2, 0.25) is 0 Å². The number of hydrogen-bond donors (Lipinski definition) is 0. The fourth-order valence-electron chi connectivity index (χ4n) is 4.94. The van der Waals surface area contributed by atoms with E-state index in [2.05, 4.69) is 54.6 Å². The Hall–Kier alpha value is -3.76. The van der Waals surface area contributed by atoms with E-state index in [1.54, 1.807) is 0 Å². The van der Waals surface area contributed by atoms with Gasteiger partial charge in [0, 0.05) is 0 Å². The summed E-state index contributed by atoms with van der Waals surface area (Å²) in [6.07, 6.45) is 7.25. The number of benzene rings is 3. The molecule has 3 nitrogen and oxygen atoms in total. The summed E-state index contributed by atoms with van der Waals surface area (Å²) in [5.41, 5.74) is 6.96. The first kappa shape index (κ1) is 20.8. The van der Waals surface area contributed by atoms with Crippen LogP contribution in [0.2, 0.25) is 0 Å². The van der Waals surface area contributed by atoms with E-state index in [0.717, 1.165) is 45.4 Å². The third-order valence-corrected chi connectivity index (χ3v) is 7.47. The number of aromatic nitrogens is 1. The van der Waals surface area contributed by atoms with E-state index in [9.17, 15) is 4.79 Å². The van der Waals surface area contributed by atoms with Gasteiger partial charge >= 0.3 is 0 Å². The van der Waals surface area contributed by atoms with Gasteiger partial charge in [-0.15, -0.1) is 0 Å². The Balaban J connectivity index is 1.59. The molecule has 2 heterocycles. The number of thiazole rings is 1. The van der Waals surface area contributed by atoms with Gasteiger partial charge in [-0.1, -0.05) is 102 Å². The van der Waals surface area contributed by atoms with Gasteiger partial charge in [-0.05, 0) is 59.3 Å². The van der Waals surface area contributed by atoms with Crippen LogP contribution in [0.5, 0.6) is 0 Å². The summed E-state index contributed by atoms with van der Waals surface area (Å²) < 4.78 is 2.64. The zero-order valence-corrected chi connectivity index (χ0v) is 19.5. The maximum atomic E-state index is 13.7. The Morgan fingerprint density at radius 1 is 0.794 bits per heavy atom. The second kappa shape index (κ2) is 8.88. The van der Waals surface area contributed by atoms with Gasteiger partial charge in [0.05, 0.1) is 16.3 Å². The lowest BCUT2D eigenvalue weighted by atomic mass is 9.84. The Bertz CT molecular complexity index is 1580. The summed E-state index contributed by atoms with van der Waals surface area (Å²) >= 11 is 1.49. The largest absolute Gasteiger partial charge is 0.272 e. The number of allylic oxidation sites excluding steroid dienone is 2. The van der Waals surface area contributed by atoms with E-state index < -0.39 is 0 Å². The SMILES string of the molecule is O=c1/c(=C/c2ccccc2)sc2n1C(c1ccccc1)C1=C(N=2)/C(=C\c2ccccc2)CCC1. The first-order valence-corrected chi connectivity index (χ1v) is 12.5. The molecule has 0 N–H and O–H groups in total. The highest BCUT2D eigenvalue weighted by Crippen LogP contribution is 2.40. The molecule has 0 bridgehead atoms. The lowest BCUT2D eigenvalue weighted by Gasteiger charge is -2.31. The van der Waals surface area contributed by atoms with E-state index in [4.69, 9.17) is 4.99 Å². The van der Waals surface area contributed by atoms with Crippen molar-refractivity contribution in [3.8, 4) is 0 Å². The molecule has 1 aromatic heterocycles. The lowest BCUT2D eigenvalue weighted by molar-refractivity contribution is 0.553. The van der Waals surface area contributed by atoms with Gasteiger partial charge in [0.15, 0.2) is 4.80 Å². The molecule has 2 aliphatic rings. The van der Waals surface area contributed by atoms with Gasteiger partial charge in [0.1, 0.15) is 0 Å². The predicted octanol–water partition coefficient (Wildman–Crippen LogP) is 5.48. The quantitative estimate of drug-likeness (QED) is 0.398. The molecular formula is C30H24N2OS. The van der Waals surface area contributed by atoms with E-state index in [1.807, 2.05) is 53.1 Å². The Morgan fingerprint density at radius 3 is 2.09 bits per heavy atom. The second-order valence-electron chi connectivity index (χ2n) is 8.71. The fourth-order valence-corrected chi connectivity index (χ4v) is 5.94. The highest BCUT2D eigenvalue weighted by molar-refractivity contribution is 7.07. The van der Waals surface area contributed by atoms with E-state index in [0.29, 0.717) is 0 Å². The molecule has 0 fully saturated rings. The molecule has 4 aromatic rings. The zero-order valence-electron chi connectivity index (χ0n) is 18.7.